The molecule has 0 unspecified atom stereocenters. The van der Waals surface area contributed by atoms with Crippen molar-refractivity contribution < 1.29 is 9.90 Å². The van der Waals surface area contributed by atoms with Crippen molar-refractivity contribution in [2.24, 2.45) is 0 Å². The van der Waals surface area contributed by atoms with Crippen LogP contribution >= 0.6 is 0 Å². The second-order valence-electron chi connectivity index (χ2n) is 3.74. The first kappa shape index (κ1) is 9.41. The van der Waals surface area contributed by atoms with Crippen LogP contribution in [-0.4, -0.2) is 17.5 Å². The molecule has 0 heterocycles. The first-order chi connectivity index (χ1) is 6.81. The molecule has 74 valence electrons. The first-order valence-corrected chi connectivity index (χ1v) is 5.07. The average molecular weight is 190 g/mol. The van der Waals surface area contributed by atoms with Crippen LogP contribution in [0.4, 0.5) is 0 Å². The second kappa shape index (κ2) is 3.93. The van der Waals surface area contributed by atoms with Crippen LogP contribution in [0.15, 0.2) is 18.2 Å². The molecule has 0 atom stereocenters. The average Bonchev–Trinajstić information content (AvgIpc) is 2.18. The van der Waals surface area contributed by atoms with Gasteiger partial charge < -0.3 is 5.11 Å². The summed E-state index contributed by atoms with van der Waals surface area (Å²) in [6, 6.07) is 5.91. The van der Waals surface area contributed by atoms with Gasteiger partial charge in [-0.15, -0.1) is 0 Å². The number of aliphatic hydroxyl groups excluding tert-OH is 1. The highest BCUT2D eigenvalue weighted by molar-refractivity contribution is 5.98. The fourth-order valence-corrected chi connectivity index (χ4v) is 1.98. The number of carbonyl (C=O) groups is 1. The zero-order chi connectivity index (χ0) is 9.97. The zero-order valence-corrected chi connectivity index (χ0v) is 8.12. The molecule has 0 fully saturated rings. The molecule has 0 spiro atoms. The van der Waals surface area contributed by atoms with Crippen LogP contribution in [-0.2, 0) is 12.8 Å². The highest BCUT2D eigenvalue weighted by atomic mass is 16.2. The van der Waals surface area contributed by atoms with Gasteiger partial charge >= 0.3 is 0 Å². The van der Waals surface area contributed by atoms with Crippen molar-refractivity contribution in [2.45, 2.75) is 25.7 Å². The van der Waals surface area contributed by atoms with Crippen LogP contribution < -0.4 is 0 Å². The lowest BCUT2D eigenvalue weighted by atomic mass is 9.89. The summed E-state index contributed by atoms with van der Waals surface area (Å²) in [7, 11) is 0. The number of carbonyl (C=O) groups excluding carboxylic acids is 1. The van der Waals surface area contributed by atoms with Gasteiger partial charge in [-0.1, -0.05) is 18.2 Å². The van der Waals surface area contributed by atoms with Crippen LogP contribution in [0.3, 0.4) is 0 Å². The molecule has 2 rings (SSSR count). The number of benzene rings is 1. The Morgan fingerprint density at radius 1 is 1.29 bits per heavy atom. The summed E-state index contributed by atoms with van der Waals surface area (Å²) in [4.78, 5) is 11.5. The van der Waals surface area contributed by atoms with Crippen LogP contribution in [0, 0.1) is 0 Å². The lowest BCUT2D eigenvalue weighted by molar-refractivity contribution is 0.0972. The van der Waals surface area contributed by atoms with Gasteiger partial charge in [-0.3, -0.25) is 4.79 Å². The molecule has 2 heteroatoms. The molecular formula is C12H14O2. The van der Waals surface area contributed by atoms with E-state index in [0.717, 1.165) is 29.5 Å². The van der Waals surface area contributed by atoms with E-state index in [4.69, 9.17) is 5.11 Å². The Balaban J connectivity index is 2.34. The van der Waals surface area contributed by atoms with E-state index in [0.29, 0.717) is 12.8 Å². The minimum absolute atomic E-state index is 0.173. The Hall–Kier alpha value is -1.15. The molecule has 0 saturated heterocycles. The van der Waals surface area contributed by atoms with Gasteiger partial charge in [0.15, 0.2) is 5.78 Å². The van der Waals surface area contributed by atoms with Crippen LogP contribution in [0.2, 0.25) is 0 Å². The van der Waals surface area contributed by atoms with Crippen molar-refractivity contribution in [1.29, 1.82) is 0 Å². The van der Waals surface area contributed by atoms with E-state index in [2.05, 4.69) is 6.07 Å². The van der Waals surface area contributed by atoms with Crippen molar-refractivity contribution in [2.75, 3.05) is 6.61 Å². The highest BCUT2D eigenvalue weighted by Gasteiger charge is 2.16. The van der Waals surface area contributed by atoms with E-state index in [9.17, 15) is 4.79 Å². The lowest BCUT2D eigenvalue weighted by Gasteiger charge is -2.15. The van der Waals surface area contributed by atoms with Gasteiger partial charge in [-0.2, -0.15) is 0 Å². The van der Waals surface area contributed by atoms with E-state index >= 15 is 0 Å². The number of aliphatic hydroxyl groups is 1. The summed E-state index contributed by atoms with van der Waals surface area (Å²) < 4.78 is 0. The van der Waals surface area contributed by atoms with E-state index in [1.54, 1.807) is 0 Å². The van der Waals surface area contributed by atoms with Crippen molar-refractivity contribution in [3.05, 3.63) is 34.9 Å². The van der Waals surface area contributed by atoms with Gasteiger partial charge in [-0.05, 0) is 30.4 Å². The molecule has 0 saturated carbocycles. The maximum atomic E-state index is 11.5. The van der Waals surface area contributed by atoms with E-state index in [1.807, 2.05) is 12.1 Å². The van der Waals surface area contributed by atoms with Gasteiger partial charge in [0.2, 0.25) is 0 Å². The molecule has 1 aliphatic carbocycles. The summed E-state index contributed by atoms with van der Waals surface area (Å²) in [5, 5.41) is 8.81. The second-order valence-corrected chi connectivity index (χ2v) is 3.74. The molecule has 0 radical (unpaired) electrons. The van der Waals surface area contributed by atoms with Crippen molar-refractivity contribution in [3.63, 3.8) is 0 Å². The van der Waals surface area contributed by atoms with Gasteiger partial charge in [0.05, 0.1) is 0 Å². The van der Waals surface area contributed by atoms with Crippen molar-refractivity contribution in [1.82, 2.24) is 0 Å². The Kier molecular flexibility index (Phi) is 2.64. The zero-order valence-electron chi connectivity index (χ0n) is 8.12. The SMILES string of the molecule is O=C1CCCc2cc(CCO)ccc21. The predicted molar refractivity (Wildman–Crippen MR) is 54.5 cm³/mol. The topological polar surface area (TPSA) is 37.3 Å². The van der Waals surface area contributed by atoms with Gasteiger partial charge in [0, 0.05) is 18.6 Å². The predicted octanol–water partition coefficient (Wildman–Crippen LogP) is 1.74. The van der Waals surface area contributed by atoms with Crippen molar-refractivity contribution >= 4 is 5.78 Å². The van der Waals surface area contributed by atoms with E-state index in [1.165, 1.54) is 0 Å². The molecule has 0 amide bonds. The monoisotopic (exact) mass is 190 g/mol. The number of aryl methyl sites for hydroxylation is 1. The van der Waals surface area contributed by atoms with Gasteiger partial charge in [0.25, 0.3) is 0 Å². The summed E-state index contributed by atoms with van der Waals surface area (Å²) in [6.07, 6.45) is 3.34. The molecule has 2 nitrogen and oxygen atoms in total. The minimum atomic E-state index is 0.173. The highest BCUT2D eigenvalue weighted by Crippen LogP contribution is 2.22. The smallest absolute Gasteiger partial charge is 0.163 e. The third-order valence-electron chi connectivity index (χ3n) is 2.72. The molecule has 1 aliphatic rings. The fraction of sp³-hybridized carbons (Fsp3) is 0.417. The lowest BCUT2D eigenvalue weighted by Crippen LogP contribution is -2.11. The number of Topliss-reactive ketones (excluding diaryl/α,β-unsaturated/α-hetero) is 1. The Morgan fingerprint density at radius 2 is 2.14 bits per heavy atom. The molecule has 0 aromatic heterocycles. The number of hydrogen-bond donors (Lipinski definition) is 1. The molecular weight excluding hydrogens is 176 g/mol. The minimum Gasteiger partial charge on any atom is -0.396 e. The summed E-state index contributed by atoms with van der Waals surface area (Å²) in [5.74, 6) is 0.266. The molecule has 0 aliphatic heterocycles. The van der Waals surface area contributed by atoms with E-state index in [-0.39, 0.29) is 12.4 Å². The molecule has 1 aromatic carbocycles. The van der Waals surface area contributed by atoms with E-state index < -0.39 is 0 Å². The quantitative estimate of drug-likeness (QED) is 0.771. The van der Waals surface area contributed by atoms with Gasteiger partial charge in [0.1, 0.15) is 0 Å². The van der Waals surface area contributed by atoms with Crippen LogP contribution in [0.1, 0.15) is 34.3 Å². The number of rotatable bonds is 2. The number of ketones is 1. The largest absolute Gasteiger partial charge is 0.396 e. The van der Waals surface area contributed by atoms with Crippen LogP contribution in [0.25, 0.3) is 0 Å². The fourth-order valence-electron chi connectivity index (χ4n) is 1.98. The maximum absolute atomic E-state index is 11.5. The third-order valence-corrected chi connectivity index (χ3v) is 2.72. The Morgan fingerprint density at radius 3 is 2.93 bits per heavy atom. The standard InChI is InChI=1S/C12H14O2/c13-7-6-9-4-5-11-10(8-9)2-1-3-12(11)14/h4-5,8,13H,1-3,6-7H2. The molecule has 14 heavy (non-hydrogen) atoms. The Labute approximate surface area is 83.6 Å². The summed E-state index contributed by atoms with van der Waals surface area (Å²) >= 11 is 0. The van der Waals surface area contributed by atoms with Gasteiger partial charge in [-0.25, -0.2) is 0 Å². The molecule has 1 aromatic rings. The van der Waals surface area contributed by atoms with Crippen LogP contribution in [0.5, 0.6) is 0 Å². The molecule has 0 bridgehead atoms. The maximum Gasteiger partial charge on any atom is 0.163 e. The number of fused-ring (bicyclic) bond motifs is 1. The summed E-state index contributed by atoms with van der Waals surface area (Å²) in [5.41, 5.74) is 3.17. The Bertz CT molecular complexity index is 355. The van der Waals surface area contributed by atoms with Crippen molar-refractivity contribution in [3.8, 4) is 0 Å². The normalized spacial score (nSPS) is 15.4. The molecule has 1 N–H and O–H groups in total. The first-order valence-electron chi connectivity index (χ1n) is 5.07. The third kappa shape index (κ3) is 1.70. The number of hydrogen-bond acceptors (Lipinski definition) is 2. The summed E-state index contributed by atoms with van der Waals surface area (Å²) in [6.45, 7) is 0.173.